The monoisotopic (exact) mass is 514 g/mol. The number of carbonyl (C=O) groups excluding carboxylic acids is 4. The molecule has 2 aliphatic rings. The zero-order chi connectivity index (χ0) is 26.6. The van der Waals surface area contributed by atoms with Crippen molar-refractivity contribution in [2.24, 2.45) is 0 Å². The number of urea groups is 1. The third kappa shape index (κ3) is 5.24. The second-order valence-electron chi connectivity index (χ2n) is 9.49. The molecule has 1 atom stereocenters. The number of fused-ring (bicyclic) bond motifs is 1. The molecule has 0 saturated carbocycles. The van der Waals surface area contributed by atoms with Gasteiger partial charge in [-0.3, -0.25) is 14.5 Å². The van der Waals surface area contributed by atoms with Crippen LogP contribution < -0.4 is 15.5 Å². The van der Waals surface area contributed by atoms with Gasteiger partial charge in [0.1, 0.15) is 0 Å². The van der Waals surface area contributed by atoms with Crippen LogP contribution in [0.25, 0.3) is 10.8 Å². The van der Waals surface area contributed by atoms with E-state index in [4.69, 9.17) is 4.74 Å². The van der Waals surface area contributed by atoms with Crippen molar-refractivity contribution in [3.05, 3.63) is 72.3 Å². The smallest absolute Gasteiger partial charge is 0.338 e. The molecular formula is C29H30N4O5. The number of anilines is 2. The molecule has 3 aromatic rings. The van der Waals surface area contributed by atoms with Crippen molar-refractivity contribution in [2.45, 2.75) is 38.3 Å². The maximum Gasteiger partial charge on any atom is 0.338 e. The van der Waals surface area contributed by atoms with Crippen LogP contribution in [0.1, 0.15) is 36.5 Å². The molecule has 3 aromatic carbocycles. The summed E-state index contributed by atoms with van der Waals surface area (Å²) < 4.78 is 4.99. The van der Waals surface area contributed by atoms with Crippen molar-refractivity contribution in [1.82, 2.24) is 10.2 Å². The van der Waals surface area contributed by atoms with Crippen molar-refractivity contribution in [3.8, 4) is 0 Å². The van der Waals surface area contributed by atoms with Crippen LogP contribution in [-0.4, -0.2) is 60.5 Å². The van der Waals surface area contributed by atoms with Crippen LogP contribution in [0.15, 0.2) is 66.7 Å². The Balaban J connectivity index is 1.15. The highest BCUT2D eigenvalue weighted by Crippen LogP contribution is 2.28. The minimum Gasteiger partial charge on any atom is -0.462 e. The molecule has 38 heavy (non-hydrogen) atoms. The van der Waals surface area contributed by atoms with Gasteiger partial charge in [0.05, 0.1) is 36.0 Å². The SMILES string of the molecule is CCOC(=O)c1ccc(N2C(=O)C[C@H](N3CCC(NC(=O)Nc4cccc5ccccc45)CC3)C2=O)cc1. The number of rotatable bonds is 6. The van der Waals surface area contributed by atoms with Crippen LogP contribution in [0.2, 0.25) is 0 Å². The van der Waals surface area contributed by atoms with Gasteiger partial charge in [-0.25, -0.2) is 14.5 Å². The maximum absolute atomic E-state index is 13.2. The van der Waals surface area contributed by atoms with Crippen molar-refractivity contribution in [3.63, 3.8) is 0 Å². The Bertz CT molecular complexity index is 1360. The first kappa shape index (κ1) is 25.4. The van der Waals surface area contributed by atoms with E-state index in [2.05, 4.69) is 10.6 Å². The summed E-state index contributed by atoms with van der Waals surface area (Å²) in [6.45, 7) is 3.19. The Labute approximate surface area is 220 Å². The van der Waals surface area contributed by atoms with Gasteiger partial charge in [0, 0.05) is 24.5 Å². The van der Waals surface area contributed by atoms with E-state index in [-0.39, 0.29) is 36.9 Å². The van der Waals surface area contributed by atoms with Crippen LogP contribution in [0, 0.1) is 0 Å². The molecule has 0 unspecified atom stereocenters. The topological polar surface area (TPSA) is 108 Å². The second kappa shape index (κ2) is 11.0. The van der Waals surface area contributed by atoms with E-state index in [9.17, 15) is 19.2 Å². The predicted octanol–water partition coefficient (Wildman–Crippen LogP) is 3.93. The molecule has 0 aliphatic carbocycles. The van der Waals surface area contributed by atoms with E-state index in [1.165, 1.54) is 4.90 Å². The number of amides is 4. The fourth-order valence-electron chi connectivity index (χ4n) is 5.17. The maximum atomic E-state index is 13.2. The Morgan fingerprint density at radius 2 is 1.66 bits per heavy atom. The molecule has 196 valence electrons. The number of benzene rings is 3. The molecule has 2 fully saturated rings. The van der Waals surface area contributed by atoms with Crippen molar-refractivity contribution >= 4 is 46.0 Å². The fraction of sp³-hybridized carbons (Fsp3) is 0.310. The average molecular weight is 515 g/mol. The number of hydrogen-bond acceptors (Lipinski definition) is 6. The van der Waals surface area contributed by atoms with E-state index in [0.717, 1.165) is 16.5 Å². The number of nitrogens with zero attached hydrogens (tertiary/aromatic N) is 2. The van der Waals surface area contributed by atoms with Gasteiger partial charge < -0.3 is 15.4 Å². The van der Waals surface area contributed by atoms with Gasteiger partial charge in [-0.1, -0.05) is 36.4 Å². The van der Waals surface area contributed by atoms with Gasteiger partial charge in [-0.15, -0.1) is 0 Å². The van der Waals surface area contributed by atoms with Gasteiger partial charge in [-0.05, 0) is 55.5 Å². The molecule has 2 saturated heterocycles. The zero-order valence-corrected chi connectivity index (χ0v) is 21.2. The number of carbonyl (C=O) groups is 4. The molecule has 2 heterocycles. The van der Waals surface area contributed by atoms with Crippen LogP contribution in [0.4, 0.5) is 16.2 Å². The number of hydrogen-bond donors (Lipinski definition) is 2. The molecular weight excluding hydrogens is 484 g/mol. The lowest BCUT2D eigenvalue weighted by Crippen LogP contribution is -2.50. The minimum absolute atomic E-state index is 0.0278. The minimum atomic E-state index is -0.530. The first-order valence-electron chi connectivity index (χ1n) is 12.9. The highest BCUT2D eigenvalue weighted by molar-refractivity contribution is 6.22. The number of esters is 1. The lowest BCUT2D eigenvalue weighted by atomic mass is 10.0. The van der Waals surface area contributed by atoms with Gasteiger partial charge in [0.25, 0.3) is 5.91 Å². The highest BCUT2D eigenvalue weighted by atomic mass is 16.5. The van der Waals surface area contributed by atoms with Crippen LogP contribution in [-0.2, 0) is 14.3 Å². The third-order valence-corrected chi connectivity index (χ3v) is 7.10. The first-order chi connectivity index (χ1) is 18.4. The van der Waals surface area contributed by atoms with E-state index >= 15 is 0 Å². The molecule has 0 radical (unpaired) electrons. The Hall–Kier alpha value is -4.24. The standard InChI is InChI=1S/C29H30N4O5/c1-2-38-28(36)20-10-12-22(13-11-20)33-26(34)18-25(27(33)35)32-16-14-21(15-17-32)30-29(37)31-24-9-5-7-19-6-3-4-8-23(19)24/h3-13,21,25H,2,14-18H2,1H3,(H2,30,31,37)/t25-/m0/s1. The summed E-state index contributed by atoms with van der Waals surface area (Å²) in [6.07, 6.45) is 1.46. The molecule has 0 bridgehead atoms. The van der Waals surface area contributed by atoms with Gasteiger partial charge in [0.2, 0.25) is 5.91 Å². The quantitative estimate of drug-likeness (QED) is 0.381. The normalized spacial score (nSPS) is 18.6. The van der Waals surface area contributed by atoms with Gasteiger partial charge >= 0.3 is 12.0 Å². The Kier molecular flexibility index (Phi) is 7.37. The Morgan fingerprint density at radius 3 is 2.39 bits per heavy atom. The van der Waals surface area contributed by atoms with Gasteiger partial charge in [-0.2, -0.15) is 0 Å². The molecule has 9 heteroatoms. The summed E-state index contributed by atoms with van der Waals surface area (Å²) in [4.78, 5) is 53.8. The summed E-state index contributed by atoms with van der Waals surface area (Å²) in [5, 5.41) is 8.03. The number of piperidine rings is 1. The lowest BCUT2D eigenvalue weighted by molar-refractivity contribution is -0.123. The highest BCUT2D eigenvalue weighted by Gasteiger charge is 2.43. The van der Waals surface area contributed by atoms with E-state index < -0.39 is 12.0 Å². The van der Waals surface area contributed by atoms with E-state index in [1.807, 2.05) is 47.4 Å². The molecule has 2 aliphatic heterocycles. The van der Waals surface area contributed by atoms with Crippen molar-refractivity contribution < 1.29 is 23.9 Å². The number of likely N-dealkylation sites (tertiary alicyclic amines) is 1. The summed E-state index contributed by atoms with van der Waals surface area (Å²) in [7, 11) is 0. The van der Waals surface area contributed by atoms with Crippen LogP contribution in [0.5, 0.6) is 0 Å². The van der Waals surface area contributed by atoms with E-state index in [0.29, 0.717) is 37.2 Å². The van der Waals surface area contributed by atoms with E-state index in [1.54, 1.807) is 31.2 Å². The summed E-state index contributed by atoms with van der Waals surface area (Å²) >= 11 is 0. The third-order valence-electron chi connectivity index (χ3n) is 7.10. The molecule has 9 nitrogen and oxygen atoms in total. The molecule has 4 amide bonds. The lowest BCUT2D eigenvalue weighted by Gasteiger charge is -2.35. The van der Waals surface area contributed by atoms with Crippen molar-refractivity contribution in [1.29, 1.82) is 0 Å². The summed E-state index contributed by atoms with van der Waals surface area (Å²) in [6, 6.07) is 19.2. The average Bonchev–Trinajstić information content (AvgIpc) is 3.23. The van der Waals surface area contributed by atoms with Crippen molar-refractivity contribution in [2.75, 3.05) is 29.9 Å². The first-order valence-corrected chi connectivity index (χ1v) is 12.9. The molecule has 2 N–H and O–H groups in total. The molecule has 0 spiro atoms. The summed E-state index contributed by atoms with van der Waals surface area (Å²) in [5.41, 5.74) is 1.56. The van der Waals surface area contributed by atoms with Crippen LogP contribution >= 0.6 is 0 Å². The predicted molar refractivity (Wildman–Crippen MR) is 144 cm³/mol. The Morgan fingerprint density at radius 1 is 0.947 bits per heavy atom. The molecule has 0 aromatic heterocycles. The number of ether oxygens (including phenoxy) is 1. The summed E-state index contributed by atoms with van der Waals surface area (Å²) in [5.74, 6) is -0.976. The number of nitrogens with one attached hydrogen (secondary N) is 2. The van der Waals surface area contributed by atoms with Gasteiger partial charge in [0.15, 0.2) is 0 Å². The molecule has 5 rings (SSSR count). The zero-order valence-electron chi connectivity index (χ0n) is 21.2. The largest absolute Gasteiger partial charge is 0.462 e. The van der Waals surface area contributed by atoms with Crippen LogP contribution in [0.3, 0.4) is 0 Å². The fourth-order valence-corrected chi connectivity index (χ4v) is 5.17. The second-order valence-corrected chi connectivity index (χ2v) is 9.49. The number of imide groups is 1.